The van der Waals surface area contributed by atoms with Crippen LogP contribution in [0.3, 0.4) is 0 Å². The number of hydrogen-bond acceptors (Lipinski definition) is 3. The van der Waals surface area contributed by atoms with Crippen LogP contribution in [-0.4, -0.2) is 38.6 Å². The molecule has 1 fully saturated rings. The van der Waals surface area contributed by atoms with Crippen LogP contribution >= 0.6 is 0 Å². The third kappa shape index (κ3) is 3.59. The van der Waals surface area contributed by atoms with Gasteiger partial charge in [-0.05, 0) is 18.8 Å². The number of hydrogen-bond donors (Lipinski definition) is 1. The molecule has 0 bridgehead atoms. The molecule has 0 spiro atoms. The molecular formula is C16H28O3. The highest BCUT2D eigenvalue weighted by molar-refractivity contribution is 5.07. The minimum absolute atomic E-state index is 0.168. The molecule has 0 saturated heterocycles. The molecule has 110 valence electrons. The number of aliphatic hydroxyl groups is 1. The van der Waals surface area contributed by atoms with Gasteiger partial charge in [-0.15, -0.1) is 0 Å². The molecular weight excluding hydrogens is 240 g/mol. The van der Waals surface area contributed by atoms with Crippen molar-refractivity contribution in [3.63, 3.8) is 0 Å². The molecule has 0 heterocycles. The fourth-order valence-electron chi connectivity index (χ4n) is 3.81. The van der Waals surface area contributed by atoms with Crippen molar-refractivity contribution in [3.05, 3.63) is 12.2 Å². The number of methoxy groups -OCH3 is 2. The van der Waals surface area contributed by atoms with Crippen LogP contribution in [0.5, 0.6) is 0 Å². The molecule has 2 rings (SSSR count). The molecule has 1 saturated carbocycles. The molecule has 0 aromatic heterocycles. The van der Waals surface area contributed by atoms with Gasteiger partial charge in [-0.1, -0.05) is 31.4 Å². The van der Waals surface area contributed by atoms with Crippen molar-refractivity contribution in [1.29, 1.82) is 0 Å². The summed E-state index contributed by atoms with van der Waals surface area (Å²) in [5, 5.41) is 10.7. The molecule has 2 aliphatic carbocycles. The lowest BCUT2D eigenvalue weighted by molar-refractivity contribution is -0.0359. The van der Waals surface area contributed by atoms with Crippen molar-refractivity contribution >= 4 is 0 Å². The summed E-state index contributed by atoms with van der Waals surface area (Å²) in [6.07, 6.45) is 10.7. The van der Waals surface area contributed by atoms with Crippen LogP contribution < -0.4 is 0 Å². The molecule has 0 aromatic rings. The second-order valence-corrected chi connectivity index (χ2v) is 6.09. The zero-order valence-electron chi connectivity index (χ0n) is 12.3. The Labute approximate surface area is 117 Å². The van der Waals surface area contributed by atoms with Gasteiger partial charge in [0.15, 0.2) is 0 Å². The second-order valence-electron chi connectivity index (χ2n) is 6.09. The van der Waals surface area contributed by atoms with E-state index in [4.69, 9.17) is 9.47 Å². The Balaban J connectivity index is 2.06. The number of aliphatic hydroxyl groups excluding tert-OH is 1. The first-order chi connectivity index (χ1) is 9.27. The van der Waals surface area contributed by atoms with Crippen molar-refractivity contribution in [1.82, 2.24) is 0 Å². The van der Waals surface area contributed by atoms with E-state index < -0.39 is 0 Å². The van der Waals surface area contributed by atoms with E-state index >= 15 is 0 Å². The summed E-state index contributed by atoms with van der Waals surface area (Å²) in [5.41, 5.74) is 0. The molecule has 0 radical (unpaired) electrons. The molecule has 0 amide bonds. The lowest BCUT2D eigenvalue weighted by Crippen LogP contribution is -2.43. The summed E-state index contributed by atoms with van der Waals surface area (Å²) in [4.78, 5) is 0. The van der Waals surface area contributed by atoms with Gasteiger partial charge in [0.05, 0.1) is 19.3 Å². The first-order valence-electron chi connectivity index (χ1n) is 7.62. The summed E-state index contributed by atoms with van der Waals surface area (Å²) < 4.78 is 10.6. The van der Waals surface area contributed by atoms with Crippen molar-refractivity contribution in [2.75, 3.05) is 27.4 Å². The Morgan fingerprint density at radius 1 is 1.00 bits per heavy atom. The molecule has 0 unspecified atom stereocenters. The van der Waals surface area contributed by atoms with Crippen LogP contribution in [0.15, 0.2) is 12.2 Å². The molecule has 4 atom stereocenters. The van der Waals surface area contributed by atoms with Gasteiger partial charge in [0.2, 0.25) is 0 Å². The van der Waals surface area contributed by atoms with E-state index in [-0.39, 0.29) is 17.9 Å². The van der Waals surface area contributed by atoms with E-state index in [1.165, 1.54) is 32.1 Å². The van der Waals surface area contributed by atoms with Gasteiger partial charge in [0, 0.05) is 32.0 Å². The smallest absolute Gasteiger partial charge is 0.0662 e. The summed E-state index contributed by atoms with van der Waals surface area (Å²) in [6.45, 7) is 1.28. The predicted octanol–water partition coefficient (Wildman–Crippen LogP) is 2.64. The van der Waals surface area contributed by atoms with Gasteiger partial charge < -0.3 is 14.6 Å². The quantitative estimate of drug-likeness (QED) is 0.779. The van der Waals surface area contributed by atoms with Gasteiger partial charge in [-0.2, -0.15) is 0 Å². The maximum absolute atomic E-state index is 10.7. The first-order valence-corrected chi connectivity index (χ1v) is 7.62. The van der Waals surface area contributed by atoms with Crippen molar-refractivity contribution < 1.29 is 14.6 Å². The largest absolute Gasteiger partial charge is 0.392 e. The maximum Gasteiger partial charge on any atom is 0.0662 e. The number of ether oxygens (including phenoxy) is 2. The Kier molecular flexibility index (Phi) is 5.86. The predicted molar refractivity (Wildman–Crippen MR) is 75.9 cm³/mol. The highest BCUT2D eigenvalue weighted by atomic mass is 16.5. The average Bonchev–Trinajstić information content (AvgIpc) is 2.44. The van der Waals surface area contributed by atoms with Crippen molar-refractivity contribution in [2.24, 2.45) is 23.7 Å². The topological polar surface area (TPSA) is 38.7 Å². The third-order valence-corrected chi connectivity index (χ3v) is 4.88. The fraction of sp³-hybridized carbons (Fsp3) is 0.875. The lowest BCUT2D eigenvalue weighted by atomic mass is 9.69. The molecule has 3 nitrogen and oxygen atoms in total. The van der Waals surface area contributed by atoms with Gasteiger partial charge in [0.25, 0.3) is 0 Å². The monoisotopic (exact) mass is 268 g/mol. The van der Waals surface area contributed by atoms with Crippen LogP contribution in [-0.2, 0) is 9.47 Å². The summed E-state index contributed by atoms with van der Waals surface area (Å²) in [7, 11) is 3.43. The Morgan fingerprint density at radius 3 is 2.32 bits per heavy atom. The summed E-state index contributed by atoms with van der Waals surface area (Å²) in [5.74, 6) is 1.41. The van der Waals surface area contributed by atoms with Crippen LogP contribution in [0.1, 0.15) is 32.1 Å². The van der Waals surface area contributed by atoms with Gasteiger partial charge in [-0.3, -0.25) is 0 Å². The average molecular weight is 268 g/mol. The van der Waals surface area contributed by atoms with Crippen molar-refractivity contribution in [3.8, 4) is 0 Å². The van der Waals surface area contributed by atoms with E-state index in [0.717, 1.165) is 0 Å². The highest BCUT2D eigenvalue weighted by Gasteiger charge is 2.38. The van der Waals surface area contributed by atoms with Crippen molar-refractivity contribution in [2.45, 2.75) is 38.2 Å². The molecule has 19 heavy (non-hydrogen) atoms. The summed E-state index contributed by atoms with van der Waals surface area (Å²) >= 11 is 0. The van der Waals surface area contributed by atoms with Crippen LogP contribution in [0.4, 0.5) is 0 Å². The van der Waals surface area contributed by atoms with E-state index in [1.807, 2.05) is 0 Å². The zero-order valence-corrected chi connectivity index (χ0v) is 12.3. The van der Waals surface area contributed by atoms with E-state index in [9.17, 15) is 5.11 Å². The van der Waals surface area contributed by atoms with E-state index in [2.05, 4.69) is 12.2 Å². The first kappa shape index (κ1) is 15.0. The maximum atomic E-state index is 10.7. The SMILES string of the molecule is COC[C@H]1[C@@H](O)[C@H](C2CCCCC2)C=C[C@H]1COC. The van der Waals surface area contributed by atoms with E-state index in [0.29, 0.717) is 25.0 Å². The third-order valence-electron chi connectivity index (χ3n) is 4.88. The minimum atomic E-state index is -0.284. The molecule has 1 N–H and O–H groups in total. The highest BCUT2D eigenvalue weighted by Crippen LogP contribution is 2.39. The summed E-state index contributed by atoms with van der Waals surface area (Å²) in [6, 6.07) is 0. The second kappa shape index (κ2) is 7.41. The molecule has 0 aromatic carbocycles. The van der Waals surface area contributed by atoms with Crippen LogP contribution in [0, 0.1) is 23.7 Å². The number of rotatable bonds is 5. The minimum Gasteiger partial charge on any atom is -0.392 e. The standard InChI is InChI=1S/C16H28O3/c1-18-10-13-8-9-14(12-6-4-3-5-7-12)16(17)15(13)11-19-2/h8-9,12-17H,3-7,10-11H2,1-2H3/t13-,14-,15+,16-/m0/s1. The van der Waals surface area contributed by atoms with Crippen LogP contribution in [0.25, 0.3) is 0 Å². The van der Waals surface area contributed by atoms with E-state index in [1.54, 1.807) is 14.2 Å². The van der Waals surface area contributed by atoms with Crippen LogP contribution in [0.2, 0.25) is 0 Å². The Hall–Kier alpha value is -0.380. The Bertz CT molecular complexity index is 284. The van der Waals surface area contributed by atoms with Gasteiger partial charge in [-0.25, -0.2) is 0 Å². The molecule has 3 heteroatoms. The van der Waals surface area contributed by atoms with Gasteiger partial charge >= 0.3 is 0 Å². The Morgan fingerprint density at radius 2 is 1.68 bits per heavy atom. The van der Waals surface area contributed by atoms with Gasteiger partial charge in [0.1, 0.15) is 0 Å². The fourth-order valence-corrected chi connectivity index (χ4v) is 3.81. The molecule has 0 aliphatic heterocycles. The normalized spacial score (nSPS) is 36.6. The molecule has 2 aliphatic rings. The zero-order chi connectivity index (χ0) is 13.7. The lowest BCUT2D eigenvalue weighted by Gasteiger charge is -2.40.